The van der Waals surface area contributed by atoms with E-state index in [1.165, 1.54) is 0 Å². The number of rotatable bonds is 4. The summed E-state index contributed by atoms with van der Waals surface area (Å²) >= 11 is 0. The molecule has 3 aromatic carbocycles. The highest BCUT2D eigenvalue weighted by molar-refractivity contribution is 5.89. The maximum Gasteiger partial charge on any atom is 0.0916 e. The molecule has 1 saturated carbocycles. The van der Waals surface area contributed by atoms with Gasteiger partial charge >= 0.3 is 0 Å². The largest absolute Gasteiger partial charge is 0.395 e. The van der Waals surface area contributed by atoms with E-state index < -0.39 is 11.0 Å². The predicted molar refractivity (Wildman–Crippen MR) is 116 cm³/mol. The van der Waals surface area contributed by atoms with Gasteiger partial charge in [-0.05, 0) is 29.9 Å². The van der Waals surface area contributed by atoms with Crippen molar-refractivity contribution in [1.29, 1.82) is 0 Å². The third-order valence-electron chi connectivity index (χ3n) is 6.19. The van der Waals surface area contributed by atoms with Crippen molar-refractivity contribution in [1.82, 2.24) is 4.98 Å². The molecule has 1 fully saturated rings. The van der Waals surface area contributed by atoms with Crippen LogP contribution in [0.2, 0.25) is 0 Å². The number of aliphatic hydroxyl groups excluding tert-OH is 1. The van der Waals surface area contributed by atoms with Crippen molar-refractivity contribution in [3.63, 3.8) is 0 Å². The summed E-state index contributed by atoms with van der Waals surface area (Å²) in [5.74, 6) is 0. The van der Waals surface area contributed by atoms with Gasteiger partial charge in [-0.2, -0.15) is 0 Å². The van der Waals surface area contributed by atoms with E-state index in [2.05, 4.69) is 18.2 Å². The molecule has 0 saturated heterocycles. The highest BCUT2D eigenvalue weighted by Gasteiger charge is 2.56. The lowest BCUT2D eigenvalue weighted by molar-refractivity contribution is -0.114. The van der Waals surface area contributed by atoms with Crippen molar-refractivity contribution < 1.29 is 10.2 Å². The number of hydrogen-bond donors (Lipinski definition) is 2. The van der Waals surface area contributed by atoms with Gasteiger partial charge in [-0.15, -0.1) is 0 Å². The summed E-state index contributed by atoms with van der Waals surface area (Å²) < 4.78 is 0. The van der Waals surface area contributed by atoms with Gasteiger partial charge in [-0.1, -0.05) is 84.9 Å². The molecule has 0 radical (unpaired) electrons. The fourth-order valence-electron chi connectivity index (χ4n) is 4.73. The van der Waals surface area contributed by atoms with Crippen LogP contribution in [0, 0.1) is 0 Å². The summed E-state index contributed by atoms with van der Waals surface area (Å²) in [6.45, 7) is -0.0443. The summed E-state index contributed by atoms with van der Waals surface area (Å²) in [6, 6.07) is 30.1. The summed E-state index contributed by atoms with van der Waals surface area (Å²) in [4.78, 5) is 5.02. The van der Waals surface area contributed by atoms with Crippen LogP contribution in [0.3, 0.4) is 0 Å². The molecule has 5 rings (SSSR count). The molecule has 1 aliphatic carbocycles. The van der Waals surface area contributed by atoms with Gasteiger partial charge in [0.1, 0.15) is 0 Å². The van der Waals surface area contributed by atoms with Crippen molar-refractivity contribution >= 4 is 10.8 Å². The molecule has 3 heteroatoms. The topological polar surface area (TPSA) is 53.4 Å². The molecule has 2 N–H and O–H groups in total. The smallest absolute Gasteiger partial charge is 0.0916 e. The number of aromatic nitrogens is 1. The van der Waals surface area contributed by atoms with Crippen LogP contribution in [0.4, 0.5) is 0 Å². The van der Waals surface area contributed by atoms with Gasteiger partial charge in [0, 0.05) is 16.4 Å². The number of fused-ring (bicyclic) bond motifs is 1. The van der Waals surface area contributed by atoms with E-state index in [4.69, 9.17) is 4.98 Å². The van der Waals surface area contributed by atoms with Gasteiger partial charge in [0.2, 0.25) is 0 Å². The van der Waals surface area contributed by atoms with Gasteiger partial charge in [-0.25, -0.2) is 0 Å². The monoisotopic (exact) mass is 381 g/mol. The van der Waals surface area contributed by atoms with Crippen LogP contribution in [0.1, 0.15) is 24.1 Å². The molecule has 1 heterocycles. The molecule has 144 valence electrons. The van der Waals surface area contributed by atoms with Gasteiger partial charge in [0.05, 0.1) is 23.6 Å². The first-order chi connectivity index (χ1) is 14.1. The SMILES string of the molecule is OCC1(c2nc(-c3ccccc3)cc3ccccc23)CC(O)(c2ccccc2)C1. The number of aliphatic hydroxyl groups is 2. The lowest BCUT2D eigenvalue weighted by atomic mass is 9.55. The Balaban J connectivity index is 1.64. The van der Waals surface area contributed by atoms with E-state index in [0.717, 1.165) is 33.3 Å². The van der Waals surface area contributed by atoms with Crippen LogP contribution in [-0.4, -0.2) is 21.8 Å². The van der Waals surface area contributed by atoms with Crippen LogP contribution in [0.5, 0.6) is 0 Å². The van der Waals surface area contributed by atoms with Crippen LogP contribution in [0.15, 0.2) is 91.0 Å². The second-order valence-electron chi connectivity index (χ2n) is 8.13. The zero-order chi connectivity index (χ0) is 19.9. The molecule has 0 spiro atoms. The molecule has 1 aliphatic rings. The minimum absolute atomic E-state index is 0.0443. The second kappa shape index (κ2) is 6.80. The minimum atomic E-state index is -0.935. The Kier molecular flexibility index (Phi) is 4.23. The van der Waals surface area contributed by atoms with E-state index in [1.807, 2.05) is 72.8 Å². The normalized spacial score (nSPS) is 23.7. The molecule has 0 bridgehead atoms. The first kappa shape index (κ1) is 18.0. The maximum absolute atomic E-state index is 11.2. The lowest BCUT2D eigenvalue weighted by Gasteiger charge is -2.52. The van der Waals surface area contributed by atoms with E-state index in [1.54, 1.807) is 0 Å². The van der Waals surface area contributed by atoms with E-state index in [0.29, 0.717) is 12.8 Å². The van der Waals surface area contributed by atoms with E-state index >= 15 is 0 Å². The van der Waals surface area contributed by atoms with Crippen molar-refractivity contribution in [3.8, 4) is 11.3 Å². The molecule has 1 aromatic heterocycles. The zero-order valence-electron chi connectivity index (χ0n) is 16.1. The fraction of sp³-hybridized carbons (Fsp3) is 0.192. The first-order valence-electron chi connectivity index (χ1n) is 9.98. The molecule has 0 unspecified atom stereocenters. The average molecular weight is 381 g/mol. The fourth-order valence-corrected chi connectivity index (χ4v) is 4.73. The van der Waals surface area contributed by atoms with E-state index in [9.17, 15) is 10.2 Å². The summed E-state index contributed by atoms with van der Waals surface area (Å²) in [7, 11) is 0. The molecule has 29 heavy (non-hydrogen) atoms. The van der Waals surface area contributed by atoms with E-state index in [-0.39, 0.29) is 6.61 Å². The molecular formula is C26H23NO2. The van der Waals surface area contributed by atoms with Crippen molar-refractivity contribution in [2.45, 2.75) is 23.9 Å². The van der Waals surface area contributed by atoms with Crippen LogP contribution < -0.4 is 0 Å². The summed E-state index contributed by atoms with van der Waals surface area (Å²) in [5.41, 5.74) is 2.21. The number of pyridine rings is 1. The highest BCUT2D eigenvalue weighted by Crippen LogP contribution is 2.56. The summed E-state index contributed by atoms with van der Waals surface area (Å²) in [6.07, 6.45) is 0.908. The van der Waals surface area contributed by atoms with Gasteiger partial charge < -0.3 is 10.2 Å². The molecule has 0 atom stereocenters. The Bertz CT molecular complexity index is 1150. The number of benzene rings is 3. The average Bonchev–Trinajstić information content (AvgIpc) is 2.77. The van der Waals surface area contributed by atoms with Crippen molar-refractivity contribution in [2.75, 3.05) is 6.61 Å². The lowest BCUT2D eigenvalue weighted by Crippen LogP contribution is -2.55. The van der Waals surface area contributed by atoms with Crippen molar-refractivity contribution in [3.05, 3.63) is 102 Å². The zero-order valence-corrected chi connectivity index (χ0v) is 16.1. The van der Waals surface area contributed by atoms with Gasteiger partial charge in [-0.3, -0.25) is 4.98 Å². The first-order valence-corrected chi connectivity index (χ1v) is 9.98. The molecule has 0 aliphatic heterocycles. The predicted octanol–water partition coefficient (Wildman–Crippen LogP) is 4.81. The molecule has 0 amide bonds. The van der Waals surface area contributed by atoms with Gasteiger partial charge in [0.15, 0.2) is 0 Å². The highest BCUT2D eigenvalue weighted by atomic mass is 16.3. The Morgan fingerprint density at radius 3 is 2.10 bits per heavy atom. The quantitative estimate of drug-likeness (QED) is 0.533. The Morgan fingerprint density at radius 2 is 1.41 bits per heavy atom. The van der Waals surface area contributed by atoms with Crippen LogP contribution in [0.25, 0.3) is 22.0 Å². The van der Waals surface area contributed by atoms with Gasteiger partial charge in [0.25, 0.3) is 0 Å². The number of nitrogens with zero attached hydrogens (tertiary/aromatic N) is 1. The van der Waals surface area contributed by atoms with Crippen LogP contribution >= 0.6 is 0 Å². The Hall–Kier alpha value is -3.01. The number of hydrogen-bond acceptors (Lipinski definition) is 3. The maximum atomic E-state index is 11.2. The molecular weight excluding hydrogens is 358 g/mol. The Morgan fingerprint density at radius 1 is 0.793 bits per heavy atom. The third-order valence-corrected chi connectivity index (χ3v) is 6.19. The summed E-state index contributed by atoms with van der Waals surface area (Å²) in [5, 5.41) is 23.8. The molecule has 3 nitrogen and oxygen atoms in total. The molecule has 4 aromatic rings. The van der Waals surface area contributed by atoms with Crippen LogP contribution in [-0.2, 0) is 11.0 Å². The minimum Gasteiger partial charge on any atom is -0.395 e. The third kappa shape index (κ3) is 2.94. The van der Waals surface area contributed by atoms with Crippen molar-refractivity contribution in [2.24, 2.45) is 0 Å². The second-order valence-corrected chi connectivity index (χ2v) is 8.13. The standard InChI is InChI=1S/C26H23NO2/c28-18-25(16-26(29,17-25)21-12-5-2-6-13-21)24-22-14-8-7-11-20(22)15-23(27-24)19-9-3-1-4-10-19/h1-15,28-29H,16-18H2. The Labute approximate surface area is 170 Å².